The topological polar surface area (TPSA) is 20.2 Å². The molecule has 1 nitrogen and oxygen atoms in total. The molecule has 1 aromatic rings. The zero-order valence-corrected chi connectivity index (χ0v) is 8.20. The van der Waals surface area contributed by atoms with Crippen LogP contribution in [0.15, 0.2) is 16.6 Å². The lowest BCUT2D eigenvalue weighted by Crippen LogP contribution is -2.07. The van der Waals surface area contributed by atoms with Crippen LogP contribution >= 0.6 is 15.9 Å². The van der Waals surface area contributed by atoms with Gasteiger partial charge in [0.2, 0.25) is 0 Å². The molecule has 0 atom stereocenters. The predicted octanol–water partition coefficient (Wildman–Crippen LogP) is 3.48. The number of rotatable bonds is 0. The van der Waals surface area contributed by atoms with Crippen molar-refractivity contribution in [3.63, 3.8) is 0 Å². The maximum absolute atomic E-state index is 12.3. The van der Waals surface area contributed by atoms with Crippen molar-refractivity contribution < 1.29 is 18.3 Å². The first-order chi connectivity index (χ1) is 5.84. The Morgan fingerprint density at radius 2 is 1.85 bits per heavy atom. The lowest BCUT2D eigenvalue weighted by molar-refractivity contribution is -0.138. The average molecular weight is 255 g/mol. The van der Waals surface area contributed by atoms with Crippen LogP contribution in [-0.4, -0.2) is 5.11 Å². The molecule has 72 valence electrons. The number of aromatic hydroxyl groups is 1. The molecule has 0 aliphatic heterocycles. The minimum absolute atomic E-state index is 0.00694. The second-order valence-corrected chi connectivity index (χ2v) is 3.36. The molecule has 0 saturated carbocycles. The zero-order chi connectivity index (χ0) is 10.2. The molecule has 1 aromatic carbocycles. The smallest absolute Gasteiger partial charge is 0.416 e. The van der Waals surface area contributed by atoms with Gasteiger partial charge in [0, 0.05) is 0 Å². The van der Waals surface area contributed by atoms with Crippen molar-refractivity contribution in [1.29, 1.82) is 0 Å². The summed E-state index contributed by atoms with van der Waals surface area (Å²) in [4.78, 5) is 0. The first kappa shape index (κ1) is 10.4. The van der Waals surface area contributed by atoms with Crippen LogP contribution in [0.5, 0.6) is 5.75 Å². The van der Waals surface area contributed by atoms with Crippen molar-refractivity contribution in [3.05, 3.63) is 27.7 Å². The Hall–Kier alpha value is -0.710. The lowest BCUT2D eigenvalue weighted by Gasteiger charge is -2.11. The van der Waals surface area contributed by atoms with Gasteiger partial charge in [-0.1, -0.05) is 0 Å². The molecule has 0 aromatic heterocycles. The van der Waals surface area contributed by atoms with Crippen molar-refractivity contribution in [3.8, 4) is 5.75 Å². The minimum Gasteiger partial charge on any atom is -0.507 e. The Bertz CT molecular complexity index is 333. The monoisotopic (exact) mass is 254 g/mol. The van der Waals surface area contributed by atoms with E-state index >= 15 is 0 Å². The molecule has 0 heterocycles. The van der Waals surface area contributed by atoms with Crippen LogP contribution in [0.2, 0.25) is 0 Å². The molecule has 13 heavy (non-hydrogen) atoms. The third-order valence-corrected chi connectivity index (χ3v) is 2.67. The van der Waals surface area contributed by atoms with E-state index in [0.29, 0.717) is 0 Å². The van der Waals surface area contributed by atoms with Gasteiger partial charge in [-0.05, 0) is 40.5 Å². The van der Waals surface area contributed by atoms with Crippen LogP contribution in [0.3, 0.4) is 0 Å². The van der Waals surface area contributed by atoms with Crippen LogP contribution in [-0.2, 0) is 6.18 Å². The van der Waals surface area contributed by atoms with E-state index < -0.39 is 11.7 Å². The van der Waals surface area contributed by atoms with Gasteiger partial charge in [0.15, 0.2) is 0 Å². The Kier molecular flexibility index (Phi) is 2.56. The normalized spacial score (nSPS) is 11.8. The van der Waals surface area contributed by atoms with E-state index in [1.807, 2.05) is 0 Å². The highest BCUT2D eigenvalue weighted by Gasteiger charge is 2.33. The van der Waals surface area contributed by atoms with Gasteiger partial charge in [-0.25, -0.2) is 0 Å². The summed E-state index contributed by atoms with van der Waals surface area (Å²) in [5.41, 5.74) is -0.746. The third kappa shape index (κ3) is 1.96. The number of hydrogen-bond acceptors (Lipinski definition) is 1. The maximum Gasteiger partial charge on any atom is 0.416 e. The van der Waals surface area contributed by atoms with Crippen LogP contribution < -0.4 is 0 Å². The number of alkyl halides is 3. The van der Waals surface area contributed by atoms with Gasteiger partial charge < -0.3 is 5.11 Å². The van der Waals surface area contributed by atoms with Crippen LogP contribution in [0.1, 0.15) is 11.1 Å². The summed E-state index contributed by atoms with van der Waals surface area (Å²) in [6, 6.07) is 1.87. The van der Waals surface area contributed by atoms with Crippen LogP contribution in [0.25, 0.3) is 0 Å². The van der Waals surface area contributed by atoms with Crippen molar-refractivity contribution in [2.75, 3.05) is 0 Å². The Morgan fingerprint density at radius 1 is 1.31 bits per heavy atom. The number of benzene rings is 1. The molecule has 1 N–H and O–H groups in total. The summed E-state index contributed by atoms with van der Waals surface area (Å²) in [5, 5.41) is 9.08. The second kappa shape index (κ2) is 3.21. The molecule has 0 saturated heterocycles. The fourth-order valence-electron chi connectivity index (χ4n) is 0.978. The van der Waals surface area contributed by atoms with E-state index in [1.54, 1.807) is 0 Å². The average Bonchev–Trinajstić information content (AvgIpc) is 1.98. The van der Waals surface area contributed by atoms with E-state index in [2.05, 4.69) is 15.9 Å². The van der Waals surface area contributed by atoms with Gasteiger partial charge in [0.1, 0.15) is 5.75 Å². The molecule has 0 fully saturated rings. The summed E-state index contributed by atoms with van der Waals surface area (Å²) in [6.45, 7) is 1.30. The molecule has 0 amide bonds. The number of halogens is 4. The molecule has 0 radical (unpaired) electrons. The second-order valence-electron chi connectivity index (χ2n) is 2.57. The summed E-state index contributed by atoms with van der Waals surface area (Å²) < 4.78 is 36.9. The van der Waals surface area contributed by atoms with Gasteiger partial charge in [0.05, 0.1) is 10.0 Å². The molecular formula is C8H6BrF3O. The minimum atomic E-state index is -4.37. The van der Waals surface area contributed by atoms with Gasteiger partial charge >= 0.3 is 6.18 Å². The summed E-state index contributed by atoms with van der Waals surface area (Å²) in [7, 11) is 0. The third-order valence-electron chi connectivity index (χ3n) is 1.67. The van der Waals surface area contributed by atoms with Gasteiger partial charge in [0.25, 0.3) is 0 Å². The molecule has 0 spiro atoms. The molecule has 5 heteroatoms. The van der Waals surface area contributed by atoms with Gasteiger partial charge in [-0.3, -0.25) is 0 Å². The zero-order valence-electron chi connectivity index (χ0n) is 6.61. The fraction of sp³-hybridized carbons (Fsp3) is 0.250. The molecule has 0 bridgehead atoms. The van der Waals surface area contributed by atoms with E-state index in [1.165, 1.54) is 6.92 Å². The Balaban J connectivity index is 3.35. The highest BCUT2D eigenvalue weighted by atomic mass is 79.9. The van der Waals surface area contributed by atoms with Crippen LogP contribution in [0, 0.1) is 6.92 Å². The highest BCUT2D eigenvalue weighted by molar-refractivity contribution is 9.10. The SMILES string of the molecule is Cc1c(C(F)(F)F)ccc(O)c1Br. The summed E-state index contributed by atoms with van der Waals surface area (Å²) in [6.07, 6.45) is -4.37. The van der Waals surface area contributed by atoms with E-state index in [-0.39, 0.29) is 15.8 Å². The largest absolute Gasteiger partial charge is 0.507 e. The van der Waals surface area contributed by atoms with Crippen molar-refractivity contribution in [1.82, 2.24) is 0 Å². The first-order valence-corrected chi connectivity index (χ1v) is 4.18. The quantitative estimate of drug-likeness (QED) is 0.752. The molecule has 1 rings (SSSR count). The maximum atomic E-state index is 12.3. The molecule has 0 aliphatic carbocycles. The summed E-state index contributed by atoms with van der Waals surface area (Å²) >= 11 is 2.87. The molecule has 0 aliphatic rings. The Morgan fingerprint density at radius 3 is 2.31 bits per heavy atom. The van der Waals surface area contributed by atoms with Crippen molar-refractivity contribution >= 4 is 15.9 Å². The summed E-state index contributed by atoms with van der Waals surface area (Å²) in [5.74, 6) is -0.189. The van der Waals surface area contributed by atoms with Gasteiger partial charge in [-0.2, -0.15) is 13.2 Å². The van der Waals surface area contributed by atoms with E-state index in [9.17, 15) is 13.2 Å². The highest BCUT2D eigenvalue weighted by Crippen LogP contribution is 2.38. The number of hydrogen-bond donors (Lipinski definition) is 1. The molecule has 0 unspecified atom stereocenters. The Labute approximate surface area is 81.3 Å². The van der Waals surface area contributed by atoms with E-state index in [0.717, 1.165) is 12.1 Å². The van der Waals surface area contributed by atoms with Crippen LogP contribution in [0.4, 0.5) is 13.2 Å². The first-order valence-electron chi connectivity index (χ1n) is 3.39. The number of phenols is 1. The lowest BCUT2D eigenvalue weighted by atomic mass is 10.1. The van der Waals surface area contributed by atoms with Crippen molar-refractivity contribution in [2.45, 2.75) is 13.1 Å². The standard InChI is InChI=1S/C8H6BrF3O/c1-4-5(8(10,11)12)2-3-6(13)7(4)9/h2-3,13H,1H3. The molecular weight excluding hydrogens is 249 g/mol. The van der Waals surface area contributed by atoms with E-state index in [4.69, 9.17) is 5.11 Å². The number of phenolic OH excluding ortho intramolecular Hbond substituents is 1. The predicted molar refractivity (Wildman–Crippen MR) is 45.5 cm³/mol. The van der Waals surface area contributed by atoms with Crippen molar-refractivity contribution in [2.24, 2.45) is 0 Å². The fourth-order valence-corrected chi connectivity index (χ4v) is 1.32. The van der Waals surface area contributed by atoms with Gasteiger partial charge in [-0.15, -0.1) is 0 Å².